The number of hydrogen-bond donors (Lipinski definition) is 0. The fourth-order valence-electron chi connectivity index (χ4n) is 1.51. The molecule has 0 aromatic heterocycles. The van der Waals surface area contributed by atoms with Crippen LogP contribution in [0.15, 0.2) is 41.3 Å². The molecule has 0 unspecified atom stereocenters. The van der Waals surface area contributed by atoms with E-state index in [1.165, 1.54) is 5.57 Å². The Hall–Kier alpha value is -1.31. The predicted molar refractivity (Wildman–Crippen MR) is 39.4 cm³/mol. The molecule has 48 valence electrons. The lowest BCUT2D eigenvalue weighted by Gasteiger charge is -2.23. The predicted octanol–water partition coefficient (Wildman–Crippen LogP) is 1.05. The zero-order valence-electron chi connectivity index (χ0n) is 5.36. The van der Waals surface area contributed by atoms with Crippen molar-refractivity contribution in [3.63, 3.8) is 0 Å². The van der Waals surface area contributed by atoms with Gasteiger partial charge in [-0.1, -0.05) is 0 Å². The van der Waals surface area contributed by atoms with Gasteiger partial charge in [-0.2, -0.15) is 0 Å². The van der Waals surface area contributed by atoms with Crippen LogP contribution in [0.2, 0.25) is 0 Å². The number of nitrogens with zero attached hydrogens (tertiary/aromatic N) is 2. The standard InChI is InChI=1S/C8H6N2/c1-3-10-4-2-9-6-8(10)5-7(1)8/h1-6H/t8-/m0/s1. The van der Waals surface area contributed by atoms with Gasteiger partial charge in [-0.25, -0.2) is 0 Å². The van der Waals surface area contributed by atoms with E-state index in [4.69, 9.17) is 0 Å². The quantitative estimate of drug-likeness (QED) is 0.478. The summed E-state index contributed by atoms with van der Waals surface area (Å²) < 4.78 is 0. The first-order valence-corrected chi connectivity index (χ1v) is 3.33. The maximum atomic E-state index is 4.09. The molecule has 3 rings (SSSR count). The van der Waals surface area contributed by atoms with Crippen LogP contribution in [-0.4, -0.2) is 16.7 Å². The first-order valence-electron chi connectivity index (χ1n) is 3.33. The Morgan fingerprint density at radius 1 is 1.40 bits per heavy atom. The van der Waals surface area contributed by atoms with Gasteiger partial charge in [0.1, 0.15) is 5.54 Å². The fourth-order valence-corrected chi connectivity index (χ4v) is 1.51. The van der Waals surface area contributed by atoms with Gasteiger partial charge in [-0.15, -0.1) is 0 Å². The number of rotatable bonds is 0. The lowest BCUT2D eigenvalue weighted by molar-refractivity contribution is 0.474. The molecule has 10 heavy (non-hydrogen) atoms. The van der Waals surface area contributed by atoms with Gasteiger partial charge in [0.2, 0.25) is 0 Å². The molecule has 2 heterocycles. The summed E-state index contributed by atoms with van der Waals surface area (Å²) in [4.78, 5) is 6.26. The second-order valence-corrected chi connectivity index (χ2v) is 2.72. The van der Waals surface area contributed by atoms with Crippen LogP contribution in [-0.2, 0) is 0 Å². The minimum absolute atomic E-state index is 0.0920. The van der Waals surface area contributed by atoms with Crippen molar-refractivity contribution in [3.8, 4) is 0 Å². The second kappa shape index (κ2) is 1.10. The average Bonchev–Trinajstić information content (AvgIpc) is 2.55. The van der Waals surface area contributed by atoms with E-state index in [0.29, 0.717) is 0 Å². The molecule has 0 bridgehead atoms. The van der Waals surface area contributed by atoms with E-state index in [1.807, 2.05) is 18.6 Å². The summed E-state index contributed by atoms with van der Waals surface area (Å²) in [5.74, 6) is 0. The zero-order chi connectivity index (χ0) is 6.60. The SMILES string of the molecule is C1=CN2C=CC3=C[C@]32C=N1. The molecule has 2 aliphatic heterocycles. The van der Waals surface area contributed by atoms with Gasteiger partial charge in [0.15, 0.2) is 0 Å². The monoisotopic (exact) mass is 130 g/mol. The van der Waals surface area contributed by atoms with Crippen LogP contribution in [0.3, 0.4) is 0 Å². The highest BCUT2D eigenvalue weighted by molar-refractivity contribution is 5.91. The summed E-state index contributed by atoms with van der Waals surface area (Å²) in [5, 5.41) is 0. The molecule has 1 atom stereocenters. The highest BCUT2D eigenvalue weighted by atomic mass is 15.2. The fraction of sp³-hybridized carbons (Fsp3) is 0.125. The summed E-state index contributed by atoms with van der Waals surface area (Å²) in [6, 6.07) is 0. The van der Waals surface area contributed by atoms with Gasteiger partial charge >= 0.3 is 0 Å². The van der Waals surface area contributed by atoms with Crippen molar-refractivity contribution < 1.29 is 0 Å². The van der Waals surface area contributed by atoms with Crippen LogP contribution >= 0.6 is 0 Å². The third kappa shape index (κ3) is 0.304. The molecule has 0 aromatic carbocycles. The molecule has 1 aliphatic carbocycles. The minimum Gasteiger partial charge on any atom is -0.334 e. The number of aliphatic imine (C=N–C) groups is 1. The van der Waals surface area contributed by atoms with E-state index in [9.17, 15) is 0 Å². The van der Waals surface area contributed by atoms with Gasteiger partial charge in [0, 0.05) is 24.8 Å². The van der Waals surface area contributed by atoms with Crippen LogP contribution in [0.4, 0.5) is 0 Å². The van der Waals surface area contributed by atoms with Crippen LogP contribution in [0, 0.1) is 0 Å². The Morgan fingerprint density at radius 2 is 2.40 bits per heavy atom. The van der Waals surface area contributed by atoms with E-state index in [1.54, 1.807) is 0 Å². The molecular formula is C8H6N2. The van der Waals surface area contributed by atoms with E-state index >= 15 is 0 Å². The van der Waals surface area contributed by atoms with E-state index in [2.05, 4.69) is 28.2 Å². The van der Waals surface area contributed by atoms with Crippen LogP contribution in [0.25, 0.3) is 0 Å². The van der Waals surface area contributed by atoms with Crippen LogP contribution < -0.4 is 0 Å². The van der Waals surface area contributed by atoms with Crippen molar-refractivity contribution in [2.24, 2.45) is 4.99 Å². The molecule has 2 nitrogen and oxygen atoms in total. The smallest absolute Gasteiger partial charge is 0.123 e. The molecule has 0 aromatic rings. The Balaban J connectivity index is 2.15. The maximum absolute atomic E-state index is 4.09. The largest absolute Gasteiger partial charge is 0.334 e. The van der Waals surface area contributed by atoms with Gasteiger partial charge in [0.25, 0.3) is 0 Å². The molecule has 0 N–H and O–H groups in total. The number of hydrogen-bond acceptors (Lipinski definition) is 2. The van der Waals surface area contributed by atoms with Gasteiger partial charge < -0.3 is 4.90 Å². The van der Waals surface area contributed by atoms with Crippen LogP contribution in [0.5, 0.6) is 0 Å². The third-order valence-corrected chi connectivity index (χ3v) is 2.18. The summed E-state index contributed by atoms with van der Waals surface area (Å²) >= 11 is 0. The first-order chi connectivity index (χ1) is 4.92. The minimum atomic E-state index is 0.0920. The molecule has 0 saturated heterocycles. The molecular weight excluding hydrogens is 124 g/mol. The lowest BCUT2D eigenvalue weighted by atomic mass is 10.2. The topological polar surface area (TPSA) is 15.6 Å². The molecule has 0 amide bonds. The van der Waals surface area contributed by atoms with E-state index < -0.39 is 0 Å². The molecule has 1 spiro atoms. The van der Waals surface area contributed by atoms with E-state index in [-0.39, 0.29) is 5.54 Å². The maximum Gasteiger partial charge on any atom is 0.123 e. The Labute approximate surface area is 58.9 Å². The summed E-state index contributed by atoms with van der Waals surface area (Å²) in [6.07, 6.45) is 12.2. The first kappa shape index (κ1) is 4.50. The second-order valence-electron chi connectivity index (χ2n) is 2.72. The third-order valence-electron chi connectivity index (χ3n) is 2.18. The van der Waals surface area contributed by atoms with Gasteiger partial charge in [-0.3, -0.25) is 4.99 Å². The van der Waals surface area contributed by atoms with Crippen molar-refractivity contribution in [2.75, 3.05) is 0 Å². The van der Waals surface area contributed by atoms with Gasteiger partial charge in [-0.05, 0) is 17.7 Å². The average molecular weight is 130 g/mol. The highest BCUT2D eigenvalue weighted by Crippen LogP contribution is 2.45. The van der Waals surface area contributed by atoms with Gasteiger partial charge in [0.05, 0.1) is 0 Å². The normalized spacial score (nSPS) is 37.6. The zero-order valence-corrected chi connectivity index (χ0v) is 5.36. The Bertz CT molecular complexity index is 309. The van der Waals surface area contributed by atoms with Crippen LogP contribution in [0.1, 0.15) is 0 Å². The lowest BCUT2D eigenvalue weighted by Crippen LogP contribution is -2.31. The molecule has 2 heteroatoms. The molecule has 0 saturated carbocycles. The Morgan fingerprint density at radius 3 is 3.20 bits per heavy atom. The summed E-state index contributed by atoms with van der Waals surface area (Å²) in [5.41, 5.74) is 1.47. The molecule has 3 aliphatic rings. The van der Waals surface area contributed by atoms with Crippen molar-refractivity contribution in [1.82, 2.24) is 4.90 Å². The van der Waals surface area contributed by atoms with Crippen molar-refractivity contribution in [2.45, 2.75) is 5.54 Å². The van der Waals surface area contributed by atoms with Crippen molar-refractivity contribution in [3.05, 3.63) is 36.3 Å². The summed E-state index contributed by atoms with van der Waals surface area (Å²) in [7, 11) is 0. The highest BCUT2D eigenvalue weighted by Gasteiger charge is 2.49. The van der Waals surface area contributed by atoms with Crippen molar-refractivity contribution in [1.29, 1.82) is 0 Å². The van der Waals surface area contributed by atoms with E-state index in [0.717, 1.165) is 0 Å². The molecule has 0 radical (unpaired) electrons. The Kier molecular flexibility index (Phi) is 0.495. The molecule has 0 fully saturated rings. The van der Waals surface area contributed by atoms with Crippen molar-refractivity contribution >= 4 is 6.21 Å². The summed E-state index contributed by atoms with van der Waals surface area (Å²) in [6.45, 7) is 0.